The lowest BCUT2D eigenvalue weighted by Crippen LogP contribution is -2.57. The molecule has 0 aliphatic carbocycles. The van der Waals surface area contributed by atoms with Gasteiger partial charge >= 0.3 is 12.1 Å². The maximum absolute atomic E-state index is 17.2. The van der Waals surface area contributed by atoms with Gasteiger partial charge in [-0.1, -0.05) is 17.7 Å². The highest BCUT2D eigenvalue weighted by atomic mass is 35.5. The minimum atomic E-state index is -1.20. The van der Waals surface area contributed by atoms with Crippen molar-refractivity contribution in [3.8, 4) is 23.0 Å². The zero-order chi connectivity index (χ0) is 38.1. The molecule has 4 aliphatic rings. The molecule has 2 unspecified atom stereocenters. The van der Waals surface area contributed by atoms with Gasteiger partial charge in [-0.05, 0) is 76.6 Å². The van der Waals surface area contributed by atoms with Crippen molar-refractivity contribution < 1.29 is 41.3 Å². The Kier molecular flexibility index (Phi) is 9.41. The number of amides is 1. The van der Waals surface area contributed by atoms with Gasteiger partial charge in [0, 0.05) is 44.1 Å². The molecular formula is C38H41ClF4N6O5. The molecule has 1 amide bonds. The Hall–Kier alpha value is -4.21. The average molecular weight is 773 g/mol. The molecular weight excluding hydrogens is 732 g/mol. The first kappa shape index (κ1) is 36.8. The first-order valence-electron chi connectivity index (χ1n) is 18.1. The average Bonchev–Trinajstić information content (AvgIpc) is 3.74. The Morgan fingerprint density at radius 3 is 2.48 bits per heavy atom. The topological polar surface area (TPSA) is 102 Å². The maximum Gasteiger partial charge on any atom is 0.410 e. The molecule has 0 radical (unpaired) electrons. The first-order chi connectivity index (χ1) is 25.7. The lowest BCUT2D eigenvalue weighted by atomic mass is 9.95. The van der Waals surface area contributed by atoms with E-state index in [0.717, 1.165) is 38.3 Å². The van der Waals surface area contributed by atoms with Crippen LogP contribution < -0.4 is 14.4 Å². The molecule has 4 saturated heterocycles. The van der Waals surface area contributed by atoms with Gasteiger partial charge < -0.3 is 23.8 Å². The number of halogens is 5. The molecule has 8 rings (SSSR count). The summed E-state index contributed by atoms with van der Waals surface area (Å²) in [4.78, 5) is 32.8. The lowest BCUT2D eigenvalue weighted by molar-refractivity contribution is 0.0122. The maximum atomic E-state index is 17.2. The van der Waals surface area contributed by atoms with Crippen molar-refractivity contribution in [2.75, 3.05) is 51.6 Å². The number of rotatable bonds is 8. The number of ether oxygens (including phenoxy) is 4. The van der Waals surface area contributed by atoms with Crippen molar-refractivity contribution in [2.45, 2.75) is 82.3 Å². The second kappa shape index (κ2) is 13.8. The van der Waals surface area contributed by atoms with Gasteiger partial charge in [0.2, 0.25) is 0 Å². The van der Waals surface area contributed by atoms with Crippen LogP contribution in [0, 0.1) is 17.5 Å². The Morgan fingerprint density at radius 1 is 1.00 bits per heavy atom. The molecule has 2 aromatic heterocycles. The SMILES string of the molecule is COCOc1cc(-c2nc(Cl)c3c(N4CC5CCC(C4)N5C(=O)OC(C)(C)C)nc(OC[C@@]45CCCN4C[C@H](F)C5)nc3c2F)c2c(F)c(F)ccc2c1. The molecule has 16 heteroatoms. The number of alkyl halides is 1. The Morgan fingerprint density at radius 2 is 1.76 bits per heavy atom. The quantitative estimate of drug-likeness (QED) is 0.102. The third-order valence-electron chi connectivity index (χ3n) is 10.9. The number of hydrogen-bond donors (Lipinski definition) is 0. The van der Waals surface area contributed by atoms with Gasteiger partial charge in [0.1, 0.15) is 46.3 Å². The molecule has 4 aliphatic heterocycles. The third kappa shape index (κ3) is 6.51. The van der Waals surface area contributed by atoms with Crippen LogP contribution in [0.5, 0.6) is 11.8 Å². The molecule has 11 nitrogen and oxygen atoms in total. The highest BCUT2D eigenvalue weighted by molar-refractivity contribution is 6.35. The summed E-state index contributed by atoms with van der Waals surface area (Å²) in [7, 11) is 1.42. The summed E-state index contributed by atoms with van der Waals surface area (Å²) in [6.07, 6.45) is 1.96. The molecule has 54 heavy (non-hydrogen) atoms. The zero-order valence-electron chi connectivity index (χ0n) is 30.4. The van der Waals surface area contributed by atoms with Crippen molar-refractivity contribution in [1.29, 1.82) is 0 Å². The number of nitrogens with zero attached hydrogens (tertiary/aromatic N) is 6. The van der Waals surface area contributed by atoms with Gasteiger partial charge in [-0.3, -0.25) is 9.80 Å². The molecule has 4 fully saturated rings. The Bertz CT molecular complexity index is 2130. The van der Waals surface area contributed by atoms with Crippen LogP contribution in [-0.4, -0.2) is 107 Å². The van der Waals surface area contributed by atoms with Gasteiger partial charge in [-0.15, -0.1) is 0 Å². The second-order valence-corrected chi connectivity index (χ2v) is 16.0. The summed E-state index contributed by atoms with van der Waals surface area (Å²) in [5.41, 5.74) is -1.99. The number of anilines is 1. The molecule has 0 N–H and O–H groups in total. The van der Waals surface area contributed by atoms with E-state index in [2.05, 4.69) is 14.9 Å². The third-order valence-corrected chi connectivity index (χ3v) is 11.2. The molecule has 2 bridgehead atoms. The van der Waals surface area contributed by atoms with Crippen molar-refractivity contribution in [3.63, 3.8) is 0 Å². The molecule has 2 aromatic carbocycles. The summed E-state index contributed by atoms with van der Waals surface area (Å²) in [6.45, 7) is 7.08. The van der Waals surface area contributed by atoms with Crippen molar-refractivity contribution in [2.24, 2.45) is 0 Å². The van der Waals surface area contributed by atoms with Crippen LogP contribution in [0.2, 0.25) is 5.15 Å². The predicted molar refractivity (Wildman–Crippen MR) is 193 cm³/mol. The number of aromatic nitrogens is 3. The molecule has 288 valence electrons. The second-order valence-electron chi connectivity index (χ2n) is 15.6. The number of piperazine rings is 1. The van der Waals surface area contributed by atoms with E-state index in [1.807, 2.05) is 25.7 Å². The predicted octanol–water partition coefficient (Wildman–Crippen LogP) is 7.44. The van der Waals surface area contributed by atoms with Crippen LogP contribution in [0.3, 0.4) is 0 Å². The van der Waals surface area contributed by atoms with Crippen LogP contribution in [-0.2, 0) is 9.47 Å². The van der Waals surface area contributed by atoms with Gasteiger partial charge in [0.15, 0.2) is 24.2 Å². The van der Waals surface area contributed by atoms with E-state index in [1.165, 1.54) is 25.3 Å². The Balaban J connectivity index is 1.25. The fourth-order valence-electron chi connectivity index (χ4n) is 8.67. The number of pyridine rings is 1. The van der Waals surface area contributed by atoms with Crippen LogP contribution in [0.25, 0.3) is 32.9 Å². The Labute approximate surface area is 314 Å². The van der Waals surface area contributed by atoms with E-state index < -0.39 is 46.6 Å². The lowest BCUT2D eigenvalue weighted by Gasteiger charge is -2.42. The number of methoxy groups -OCH3 is 1. The van der Waals surface area contributed by atoms with Crippen molar-refractivity contribution >= 4 is 45.2 Å². The highest BCUT2D eigenvalue weighted by Gasteiger charge is 2.50. The van der Waals surface area contributed by atoms with Crippen LogP contribution >= 0.6 is 11.6 Å². The van der Waals surface area contributed by atoms with E-state index in [0.29, 0.717) is 26.1 Å². The zero-order valence-corrected chi connectivity index (χ0v) is 31.2. The molecule has 0 spiro atoms. The normalized spacial score (nSPS) is 24.1. The number of hydrogen-bond acceptors (Lipinski definition) is 10. The van der Waals surface area contributed by atoms with Crippen LogP contribution in [0.1, 0.15) is 52.9 Å². The fourth-order valence-corrected chi connectivity index (χ4v) is 8.93. The van der Waals surface area contributed by atoms with Crippen molar-refractivity contribution in [1.82, 2.24) is 24.8 Å². The first-order valence-corrected chi connectivity index (χ1v) is 18.5. The standard InChI is InChI=1S/C38H41ClF4N6O5/c1-37(2,3)54-36(50)49-22-7-8-23(49)17-47(16-22)34-28-32(45-35(46-34)52-18-38-10-5-11-48(38)15-21(40)14-38)30(43)31(44-33(28)39)25-13-24(53-19-51-4)12-20-6-9-26(41)29(42)27(20)25/h6,9,12-13,21-23H,5,7-8,10-11,14-19H2,1-4H3/t21-,22?,23?,38+/m1/s1. The van der Waals surface area contributed by atoms with Gasteiger partial charge in [-0.25, -0.2) is 27.3 Å². The summed E-state index contributed by atoms with van der Waals surface area (Å²) < 4.78 is 84.7. The monoisotopic (exact) mass is 772 g/mol. The number of carbonyl (C=O) groups is 1. The summed E-state index contributed by atoms with van der Waals surface area (Å²) in [5.74, 6) is -2.88. The van der Waals surface area contributed by atoms with Crippen LogP contribution in [0.15, 0.2) is 24.3 Å². The summed E-state index contributed by atoms with van der Waals surface area (Å²) in [6, 6.07) is 4.53. The van der Waals surface area contributed by atoms with E-state index in [-0.39, 0.29) is 75.5 Å². The van der Waals surface area contributed by atoms with Gasteiger partial charge in [0.05, 0.1) is 23.0 Å². The number of carbonyl (C=O) groups excluding carboxylic acids is 1. The smallest absolute Gasteiger partial charge is 0.410 e. The largest absolute Gasteiger partial charge is 0.468 e. The summed E-state index contributed by atoms with van der Waals surface area (Å²) >= 11 is 6.94. The van der Waals surface area contributed by atoms with Crippen LogP contribution in [0.4, 0.5) is 28.2 Å². The number of fused-ring (bicyclic) bond motifs is 5. The van der Waals surface area contributed by atoms with Crippen molar-refractivity contribution in [3.05, 3.63) is 46.9 Å². The van der Waals surface area contributed by atoms with E-state index in [9.17, 15) is 13.6 Å². The molecule has 4 atom stereocenters. The summed E-state index contributed by atoms with van der Waals surface area (Å²) in [5, 5.41) is -0.105. The van der Waals surface area contributed by atoms with E-state index >= 15 is 8.78 Å². The van der Waals surface area contributed by atoms with E-state index in [4.69, 9.17) is 35.5 Å². The fraction of sp³-hybridized carbons (Fsp3) is 0.526. The molecule has 0 saturated carbocycles. The molecule has 4 aromatic rings. The van der Waals surface area contributed by atoms with Gasteiger partial charge in [-0.2, -0.15) is 9.97 Å². The van der Waals surface area contributed by atoms with E-state index in [1.54, 1.807) is 4.90 Å². The minimum Gasteiger partial charge on any atom is -0.468 e. The molecule has 6 heterocycles. The van der Waals surface area contributed by atoms with Gasteiger partial charge in [0.25, 0.3) is 0 Å². The number of benzene rings is 2. The highest BCUT2D eigenvalue weighted by Crippen LogP contribution is 2.44. The minimum absolute atomic E-state index is 0.0807.